The van der Waals surface area contributed by atoms with E-state index in [1.165, 1.54) is 0 Å². The zero-order chi connectivity index (χ0) is 14.1. The first-order chi connectivity index (χ1) is 9.63. The number of benzene rings is 1. The molecule has 0 radical (unpaired) electrons. The molecule has 20 heavy (non-hydrogen) atoms. The van der Waals surface area contributed by atoms with Crippen LogP contribution in [0.2, 0.25) is 0 Å². The summed E-state index contributed by atoms with van der Waals surface area (Å²) in [7, 11) is 1.89. The van der Waals surface area contributed by atoms with Crippen LogP contribution in [0.15, 0.2) is 24.3 Å². The van der Waals surface area contributed by atoms with Crippen LogP contribution in [0.4, 0.5) is 0 Å². The van der Waals surface area contributed by atoms with Gasteiger partial charge in [-0.2, -0.15) is 0 Å². The first-order valence-electron chi connectivity index (χ1n) is 7.23. The van der Waals surface area contributed by atoms with Gasteiger partial charge in [-0.05, 0) is 36.8 Å². The molecular weight excluding hydrogens is 274 g/mol. The molecule has 1 aromatic carbocycles. The Hall–Kier alpha value is -1.22. The third-order valence-electron chi connectivity index (χ3n) is 4.31. The van der Waals surface area contributed by atoms with E-state index in [1.54, 1.807) is 0 Å². The maximum Gasteiger partial charge on any atom is 0.229 e. The standard InChI is InChI=1S/C16H20ClNO2/c1-18(9-11-6-14(17)7-11)16(19)13-8-12-4-2-3-5-15(12)20-10-13/h2-5,11,13-14H,6-10H2,1H3. The Kier molecular flexibility index (Phi) is 3.88. The molecule has 1 aliphatic carbocycles. The van der Waals surface area contributed by atoms with Crippen molar-refractivity contribution in [3.05, 3.63) is 29.8 Å². The minimum Gasteiger partial charge on any atom is -0.492 e. The molecule has 1 aliphatic heterocycles. The van der Waals surface area contributed by atoms with Crippen molar-refractivity contribution in [2.45, 2.75) is 24.6 Å². The molecular formula is C16H20ClNO2. The summed E-state index contributed by atoms with van der Waals surface area (Å²) in [5, 5.41) is 0.313. The summed E-state index contributed by atoms with van der Waals surface area (Å²) in [6.07, 6.45) is 2.84. The smallest absolute Gasteiger partial charge is 0.229 e. The summed E-state index contributed by atoms with van der Waals surface area (Å²) in [4.78, 5) is 14.3. The van der Waals surface area contributed by atoms with Gasteiger partial charge in [0.1, 0.15) is 12.4 Å². The molecule has 3 nitrogen and oxygen atoms in total. The number of hydrogen-bond donors (Lipinski definition) is 0. The highest BCUT2D eigenvalue weighted by molar-refractivity contribution is 6.21. The number of fused-ring (bicyclic) bond motifs is 1. The summed E-state index contributed by atoms with van der Waals surface area (Å²) in [5.41, 5.74) is 1.13. The molecule has 1 saturated carbocycles. The highest BCUT2D eigenvalue weighted by Gasteiger charge is 2.32. The number of halogens is 1. The van der Waals surface area contributed by atoms with E-state index in [2.05, 4.69) is 0 Å². The van der Waals surface area contributed by atoms with E-state index in [0.29, 0.717) is 17.9 Å². The molecule has 1 atom stereocenters. The average molecular weight is 294 g/mol. The van der Waals surface area contributed by atoms with Gasteiger partial charge in [0.2, 0.25) is 5.91 Å². The SMILES string of the molecule is CN(CC1CC(Cl)C1)C(=O)C1COc2ccccc2C1. The van der Waals surface area contributed by atoms with Gasteiger partial charge in [-0.3, -0.25) is 4.79 Å². The van der Waals surface area contributed by atoms with Crippen molar-refractivity contribution < 1.29 is 9.53 Å². The van der Waals surface area contributed by atoms with Crippen molar-refractivity contribution in [2.75, 3.05) is 20.2 Å². The van der Waals surface area contributed by atoms with Crippen LogP contribution in [0.3, 0.4) is 0 Å². The predicted molar refractivity (Wildman–Crippen MR) is 79.1 cm³/mol. The van der Waals surface area contributed by atoms with Gasteiger partial charge in [0, 0.05) is 19.0 Å². The average Bonchev–Trinajstić information content (AvgIpc) is 2.44. The fourth-order valence-corrected chi connectivity index (χ4v) is 3.58. The molecule has 3 rings (SSSR count). The van der Waals surface area contributed by atoms with Crippen molar-refractivity contribution >= 4 is 17.5 Å². The second-order valence-corrected chi connectivity index (χ2v) is 6.59. The lowest BCUT2D eigenvalue weighted by Gasteiger charge is -2.35. The first kappa shape index (κ1) is 13.7. The monoisotopic (exact) mass is 293 g/mol. The molecule has 0 saturated heterocycles. The van der Waals surface area contributed by atoms with Gasteiger partial charge in [-0.15, -0.1) is 11.6 Å². The zero-order valence-corrected chi connectivity index (χ0v) is 12.5. The Morgan fingerprint density at radius 1 is 1.40 bits per heavy atom. The summed E-state index contributed by atoms with van der Waals surface area (Å²) in [6, 6.07) is 7.97. The Morgan fingerprint density at radius 3 is 2.90 bits per heavy atom. The fourth-order valence-electron chi connectivity index (χ4n) is 3.08. The van der Waals surface area contributed by atoms with Crippen LogP contribution in [0.5, 0.6) is 5.75 Å². The third-order valence-corrected chi connectivity index (χ3v) is 4.67. The third kappa shape index (κ3) is 2.78. The maximum absolute atomic E-state index is 12.5. The highest BCUT2D eigenvalue weighted by Crippen LogP contribution is 2.33. The topological polar surface area (TPSA) is 29.5 Å². The van der Waals surface area contributed by atoms with Gasteiger partial charge in [0.25, 0.3) is 0 Å². The van der Waals surface area contributed by atoms with Crippen LogP contribution >= 0.6 is 11.6 Å². The molecule has 108 valence electrons. The van der Waals surface area contributed by atoms with Crippen molar-refractivity contribution in [3.63, 3.8) is 0 Å². The van der Waals surface area contributed by atoms with Gasteiger partial charge in [-0.1, -0.05) is 18.2 Å². The molecule has 1 aromatic rings. The van der Waals surface area contributed by atoms with Crippen molar-refractivity contribution in [2.24, 2.45) is 11.8 Å². The lowest BCUT2D eigenvalue weighted by atomic mass is 9.84. The molecule has 1 unspecified atom stereocenters. The van der Waals surface area contributed by atoms with Gasteiger partial charge in [0.15, 0.2) is 0 Å². The molecule has 0 N–H and O–H groups in total. The number of ether oxygens (including phenoxy) is 1. The number of nitrogens with zero attached hydrogens (tertiary/aromatic N) is 1. The summed E-state index contributed by atoms with van der Waals surface area (Å²) >= 11 is 5.99. The molecule has 0 aromatic heterocycles. The quantitative estimate of drug-likeness (QED) is 0.802. The predicted octanol–water partition coefficient (Wildman–Crippen LogP) is 2.71. The van der Waals surface area contributed by atoms with Gasteiger partial charge < -0.3 is 9.64 Å². The van der Waals surface area contributed by atoms with Crippen molar-refractivity contribution in [1.82, 2.24) is 4.90 Å². The van der Waals surface area contributed by atoms with E-state index in [9.17, 15) is 4.79 Å². The molecule has 1 fully saturated rings. The highest BCUT2D eigenvalue weighted by atomic mass is 35.5. The van der Waals surface area contributed by atoms with Crippen LogP contribution in [0, 0.1) is 11.8 Å². The molecule has 4 heteroatoms. The number of alkyl halides is 1. The summed E-state index contributed by atoms with van der Waals surface area (Å²) in [5.74, 6) is 1.63. The second kappa shape index (κ2) is 5.65. The van der Waals surface area contributed by atoms with Crippen molar-refractivity contribution in [1.29, 1.82) is 0 Å². The zero-order valence-electron chi connectivity index (χ0n) is 11.7. The van der Waals surface area contributed by atoms with E-state index >= 15 is 0 Å². The lowest BCUT2D eigenvalue weighted by molar-refractivity contribution is -0.136. The van der Waals surface area contributed by atoms with Crippen LogP contribution in [0.25, 0.3) is 0 Å². The van der Waals surface area contributed by atoms with Gasteiger partial charge >= 0.3 is 0 Å². The molecule has 0 spiro atoms. The Balaban J connectivity index is 1.58. The van der Waals surface area contributed by atoms with Crippen LogP contribution in [-0.2, 0) is 11.2 Å². The summed E-state index contributed by atoms with van der Waals surface area (Å²) in [6.45, 7) is 1.31. The number of para-hydroxylation sites is 1. The van der Waals surface area contributed by atoms with E-state index in [4.69, 9.17) is 16.3 Å². The van der Waals surface area contributed by atoms with Gasteiger partial charge in [-0.25, -0.2) is 0 Å². The normalized spacial score (nSPS) is 28.0. The number of amides is 1. The number of hydrogen-bond acceptors (Lipinski definition) is 2. The van der Waals surface area contributed by atoms with Gasteiger partial charge in [0.05, 0.1) is 5.92 Å². The first-order valence-corrected chi connectivity index (χ1v) is 7.67. The van der Waals surface area contributed by atoms with Crippen LogP contribution in [-0.4, -0.2) is 36.4 Å². The van der Waals surface area contributed by atoms with E-state index < -0.39 is 0 Å². The van der Waals surface area contributed by atoms with Crippen LogP contribution < -0.4 is 4.74 Å². The van der Waals surface area contributed by atoms with Crippen LogP contribution in [0.1, 0.15) is 18.4 Å². The summed E-state index contributed by atoms with van der Waals surface area (Å²) < 4.78 is 5.70. The van der Waals surface area contributed by atoms with E-state index in [0.717, 1.165) is 37.1 Å². The fraction of sp³-hybridized carbons (Fsp3) is 0.562. The minimum atomic E-state index is -0.0539. The maximum atomic E-state index is 12.5. The molecule has 1 amide bonds. The Bertz CT molecular complexity index is 499. The Labute approximate surface area is 124 Å². The number of carbonyl (C=O) groups excluding carboxylic acids is 1. The number of carbonyl (C=O) groups is 1. The lowest BCUT2D eigenvalue weighted by Crippen LogP contribution is -2.43. The van der Waals surface area contributed by atoms with E-state index in [1.807, 2.05) is 36.2 Å². The number of rotatable bonds is 3. The minimum absolute atomic E-state index is 0.0539. The van der Waals surface area contributed by atoms with E-state index in [-0.39, 0.29) is 11.8 Å². The molecule has 2 aliphatic rings. The Morgan fingerprint density at radius 2 is 2.15 bits per heavy atom. The molecule has 1 heterocycles. The van der Waals surface area contributed by atoms with Crippen molar-refractivity contribution in [3.8, 4) is 5.75 Å². The second-order valence-electron chi connectivity index (χ2n) is 5.97. The largest absolute Gasteiger partial charge is 0.492 e. The molecule has 0 bridgehead atoms.